The second-order valence-corrected chi connectivity index (χ2v) is 17.8. The van der Waals surface area contributed by atoms with Gasteiger partial charge < -0.3 is 0 Å². The molecule has 4 atom stereocenters. The summed E-state index contributed by atoms with van der Waals surface area (Å²) in [5.74, 6) is 0. The summed E-state index contributed by atoms with van der Waals surface area (Å²) in [6.45, 7) is 4.69. The monoisotopic (exact) mass is 358 g/mol. The summed E-state index contributed by atoms with van der Waals surface area (Å²) in [7, 11) is 2.27. The molecular weight excluding hydrogens is 333 g/mol. The minimum absolute atomic E-state index is 0.586. The van der Waals surface area contributed by atoms with Gasteiger partial charge in [0.25, 0.3) is 0 Å². The molecule has 0 aromatic carbocycles. The van der Waals surface area contributed by atoms with Gasteiger partial charge in [-0.1, -0.05) is 0 Å². The van der Waals surface area contributed by atoms with Gasteiger partial charge in [0.15, 0.2) is 0 Å². The van der Waals surface area contributed by atoms with Crippen LogP contribution in [0.3, 0.4) is 0 Å². The third-order valence-electron chi connectivity index (χ3n) is 3.04. The van der Waals surface area contributed by atoms with Crippen LogP contribution in [0.4, 0.5) is 0 Å². The predicted molar refractivity (Wildman–Crippen MR) is 84.8 cm³/mol. The van der Waals surface area contributed by atoms with E-state index in [1.165, 1.54) is 12.3 Å². The molecule has 0 bridgehead atoms. The van der Waals surface area contributed by atoms with Crippen LogP contribution in [0.2, 0.25) is 13.5 Å². The van der Waals surface area contributed by atoms with Crippen molar-refractivity contribution in [3.05, 3.63) is 24.3 Å². The van der Waals surface area contributed by atoms with E-state index in [1.54, 1.807) is 4.18 Å². The second kappa shape index (κ2) is 7.60. The van der Waals surface area contributed by atoms with Crippen molar-refractivity contribution in [2.75, 3.05) is 12.3 Å². The van der Waals surface area contributed by atoms with Crippen molar-refractivity contribution in [2.24, 2.45) is 0 Å². The first-order valence-electron chi connectivity index (χ1n) is 6.49. The zero-order valence-electron chi connectivity index (χ0n) is 11.1. The van der Waals surface area contributed by atoms with Gasteiger partial charge in [0.05, 0.1) is 0 Å². The molecule has 0 N–H and O–H groups in total. The third-order valence-corrected chi connectivity index (χ3v) is 12.0. The Morgan fingerprint density at radius 1 is 1.19 bits per heavy atom. The van der Waals surface area contributed by atoms with Gasteiger partial charge in [0, 0.05) is 0 Å². The predicted octanol–water partition coefficient (Wildman–Crippen LogP) is 4.37. The molecule has 3 heteroatoms. The molecule has 0 saturated heterocycles. The van der Waals surface area contributed by atoms with Gasteiger partial charge in [-0.2, -0.15) is 0 Å². The number of rotatable bonds is 6. The molecule has 0 saturated carbocycles. The Kier molecular flexibility index (Phi) is 7.25. The Labute approximate surface area is 113 Å². The van der Waals surface area contributed by atoms with Crippen LogP contribution in [0.1, 0.15) is 13.8 Å². The summed E-state index contributed by atoms with van der Waals surface area (Å²) in [5.41, 5.74) is 0.861. The standard InChI is InChI=1S/C11H19P2.2CH3.In/c1-4-12-10-8-6-7-9-11(10,3)13-5-2;;;/h6-10,12-13H,3-5H2,1-2H3;2*1H3;. The molecule has 0 aromatic rings. The fourth-order valence-electron chi connectivity index (χ4n) is 2.59. The zero-order chi connectivity index (χ0) is 12.0. The Hall–Kier alpha value is 1.21. The summed E-state index contributed by atoms with van der Waals surface area (Å²) in [6, 6.07) is 0. The quantitative estimate of drug-likeness (QED) is 0.619. The van der Waals surface area contributed by atoms with Crippen molar-refractivity contribution < 1.29 is 0 Å². The second-order valence-electron chi connectivity index (χ2n) is 4.95. The van der Waals surface area contributed by atoms with Crippen LogP contribution in [0, 0.1) is 0 Å². The maximum absolute atomic E-state index is 2.57. The van der Waals surface area contributed by atoms with E-state index in [9.17, 15) is 0 Å². The molecule has 90 valence electrons. The third kappa shape index (κ3) is 4.15. The molecule has 1 rings (SSSR count). The Bertz CT molecular complexity index is 261. The SMILES string of the molecule is CCPC1C=CC=CC1([CH2][In]([CH3])[CH3])PCC. The van der Waals surface area contributed by atoms with Gasteiger partial charge >= 0.3 is 113 Å². The zero-order valence-corrected chi connectivity index (χ0v) is 16.4. The van der Waals surface area contributed by atoms with Crippen molar-refractivity contribution in [3.63, 3.8) is 0 Å². The van der Waals surface area contributed by atoms with E-state index in [2.05, 4.69) is 47.5 Å². The van der Waals surface area contributed by atoms with Crippen molar-refractivity contribution in [1.29, 1.82) is 0 Å². The van der Waals surface area contributed by atoms with E-state index in [-0.39, 0.29) is 0 Å². The van der Waals surface area contributed by atoms with Crippen LogP contribution >= 0.6 is 17.2 Å². The van der Waals surface area contributed by atoms with Gasteiger partial charge in [-0.25, -0.2) is 0 Å². The van der Waals surface area contributed by atoms with Crippen LogP contribution < -0.4 is 0 Å². The molecule has 16 heavy (non-hydrogen) atoms. The van der Waals surface area contributed by atoms with Gasteiger partial charge in [-0.15, -0.1) is 0 Å². The van der Waals surface area contributed by atoms with Crippen molar-refractivity contribution in [2.45, 2.75) is 38.2 Å². The normalized spacial score (nSPS) is 29.9. The van der Waals surface area contributed by atoms with Crippen molar-refractivity contribution in [1.82, 2.24) is 0 Å². The van der Waals surface area contributed by atoms with Gasteiger partial charge in [0.1, 0.15) is 0 Å². The van der Waals surface area contributed by atoms with E-state index < -0.39 is 21.4 Å². The fourth-order valence-corrected chi connectivity index (χ4v) is 15.4. The van der Waals surface area contributed by atoms with Crippen molar-refractivity contribution in [3.8, 4) is 0 Å². The van der Waals surface area contributed by atoms with Gasteiger partial charge in [-0.05, 0) is 0 Å². The van der Waals surface area contributed by atoms with Crippen LogP contribution in [0.25, 0.3) is 0 Å². The van der Waals surface area contributed by atoms with E-state index in [0.717, 1.165) is 22.8 Å². The topological polar surface area (TPSA) is 0 Å². The molecule has 0 nitrogen and oxygen atoms in total. The van der Waals surface area contributed by atoms with Gasteiger partial charge in [0.2, 0.25) is 0 Å². The number of hydrogen-bond acceptors (Lipinski definition) is 0. The first-order valence-corrected chi connectivity index (χ1v) is 17.9. The van der Waals surface area contributed by atoms with E-state index in [4.69, 9.17) is 0 Å². The molecule has 0 radical (unpaired) electrons. The summed E-state index contributed by atoms with van der Waals surface area (Å²) in [5, 5.41) is 0.586. The summed E-state index contributed by atoms with van der Waals surface area (Å²) >= 11 is -1.14. The first kappa shape index (κ1) is 15.3. The molecular formula is C13H25InP2. The molecule has 0 heterocycles. The number of allylic oxidation sites excluding steroid dienone is 4. The first-order chi connectivity index (χ1) is 7.64. The molecule has 0 aliphatic heterocycles. The number of hydrogen-bond donors (Lipinski definition) is 0. The molecule has 1 aliphatic carbocycles. The van der Waals surface area contributed by atoms with Crippen molar-refractivity contribution >= 4 is 38.6 Å². The average Bonchev–Trinajstić information content (AvgIpc) is 2.21. The van der Waals surface area contributed by atoms with Crippen LogP contribution in [-0.2, 0) is 0 Å². The molecule has 0 aromatic heterocycles. The Morgan fingerprint density at radius 3 is 2.50 bits per heavy atom. The van der Waals surface area contributed by atoms with E-state index in [0.29, 0.717) is 5.16 Å². The Balaban J connectivity index is 2.85. The molecule has 0 fully saturated rings. The minimum atomic E-state index is -1.14. The maximum atomic E-state index is 2.57. The van der Waals surface area contributed by atoms with Gasteiger partial charge in [-0.3, -0.25) is 0 Å². The summed E-state index contributed by atoms with van der Waals surface area (Å²) < 4.78 is 6.71. The summed E-state index contributed by atoms with van der Waals surface area (Å²) in [4.78, 5) is 0. The van der Waals surface area contributed by atoms with Crippen LogP contribution in [0.15, 0.2) is 24.3 Å². The van der Waals surface area contributed by atoms with E-state index >= 15 is 0 Å². The van der Waals surface area contributed by atoms with Crippen LogP contribution in [-0.4, -0.2) is 44.6 Å². The molecule has 0 spiro atoms. The van der Waals surface area contributed by atoms with Crippen LogP contribution in [0.5, 0.6) is 0 Å². The average molecular weight is 358 g/mol. The molecule has 0 amide bonds. The molecule has 4 unspecified atom stereocenters. The van der Waals surface area contributed by atoms with E-state index in [1.807, 2.05) is 0 Å². The molecule has 1 aliphatic rings. The fraction of sp³-hybridized carbons (Fsp3) is 0.692. The summed E-state index contributed by atoms with van der Waals surface area (Å²) in [6.07, 6.45) is 12.4. The Morgan fingerprint density at radius 2 is 1.94 bits per heavy atom.